The van der Waals surface area contributed by atoms with Crippen LogP contribution in [0.15, 0.2) is 30.3 Å². The summed E-state index contributed by atoms with van der Waals surface area (Å²) in [6.07, 6.45) is 2.26. The van der Waals surface area contributed by atoms with Gasteiger partial charge in [0.25, 0.3) is 0 Å². The van der Waals surface area contributed by atoms with Gasteiger partial charge in [0.2, 0.25) is 5.91 Å². The first-order valence-electron chi connectivity index (χ1n) is 6.60. The molecule has 1 rings (SSSR count). The third-order valence-corrected chi connectivity index (χ3v) is 2.88. The lowest BCUT2D eigenvalue weighted by molar-refractivity contribution is -0.138. The molecule has 0 aromatic heterocycles. The normalized spacial score (nSPS) is 11.8. The van der Waals surface area contributed by atoms with Gasteiger partial charge in [-0.15, -0.1) is 0 Å². The Balaban J connectivity index is 2.13. The average molecular weight is 263 g/mol. The van der Waals surface area contributed by atoms with Crippen LogP contribution < -0.4 is 5.32 Å². The van der Waals surface area contributed by atoms with Gasteiger partial charge >= 0.3 is 5.97 Å². The Morgan fingerprint density at radius 3 is 2.58 bits per heavy atom. The fourth-order valence-electron chi connectivity index (χ4n) is 1.84. The zero-order valence-electron chi connectivity index (χ0n) is 11.3. The van der Waals surface area contributed by atoms with Gasteiger partial charge in [0.15, 0.2) is 0 Å². The predicted molar refractivity (Wildman–Crippen MR) is 73.8 cm³/mol. The Bertz CT molecular complexity index is 403. The van der Waals surface area contributed by atoms with Crippen molar-refractivity contribution in [3.8, 4) is 0 Å². The second kappa shape index (κ2) is 8.29. The highest BCUT2D eigenvalue weighted by Crippen LogP contribution is 2.05. The number of aliphatic carboxylic acids is 1. The molecule has 0 fully saturated rings. The van der Waals surface area contributed by atoms with Gasteiger partial charge in [-0.05, 0) is 24.3 Å². The van der Waals surface area contributed by atoms with E-state index in [0.717, 1.165) is 12.8 Å². The fraction of sp³-hybridized carbons (Fsp3) is 0.467. The third kappa shape index (κ3) is 7.24. The van der Waals surface area contributed by atoms with E-state index in [0.29, 0.717) is 13.0 Å². The van der Waals surface area contributed by atoms with E-state index in [-0.39, 0.29) is 18.2 Å². The summed E-state index contributed by atoms with van der Waals surface area (Å²) in [5.41, 5.74) is 1.23. The van der Waals surface area contributed by atoms with Crippen molar-refractivity contribution in [2.24, 2.45) is 5.92 Å². The molecule has 0 aliphatic carbocycles. The molecule has 0 aliphatic rings. The van der Waals surface area contributed by atoms with E-state index in [9.17, 15) is 9.59 Å². The topological polar surface area (TPSA) is 66.4 Å². The first-order valence-corrected chi connectivity index (χ1v) is 6.60. The molecule has 0 spiro atoms. The highest BCUT2D eigenvalue weighted by molar-refractivity contribution is 5.76. The van der Waals surface area contributed by atoms with Gasteiger partial charge in [-0.2, -0.15) is 0 Å². The van der Waals surface area contributed by atoms with Crippen molar-refractivity contribution in [1.29, 1.82) is 0 Å². The maximum absolute atomic E-state index is 11.6. The predicted octanol–water partition coefficient (Wildman–Crippen LogP) is 2.24. The van der Waals surface area contributed by atoms with Gasteiger partial charge in [0.1, 0.15) is 0 Å². The van der Waals surface area contributed by atoms with Crippen molar-refractivity contribution in [2.45, 2.75) is 32.6 Å². The van der Waals surface area contributed by atoms with Crippen LogP contribution in [0.2, 0.25) is 0 Å². The molecule has 1 aromatic carbocycles. The second-order valence-electron chi connectivity index (χ2n) is 4.85. The average Bonchev–Trinajstić information content (AvgIpc) is 2.37. The molecule has 1 aromatic rings. The number of hydrogen-bond acceptors (Lipinski definition) is 2. The van der Waals surface area contributed by atoms with Crippen molar-refractivity contribution >= 4 is 11.9 Å². The number of carbonyl (C=O) groups excluding carboxylic acids is 1. The van der Waals surface area contributed by atoms with Gasteiger partial charge in [-0.1, -0.05) is 37.3 Å². The minimum Gasteiger partial charge on any atom is -0.481 e. The Morgan fingerprint density at radius 2 is 1.95 bits per heavy atom. The molecule has 4 nitrogen and oxygen atoms in total. The quantitative estimate of drug-likeness (QED) is 0.756. The summed E-state index contributed by atoms with van der Waals surface area (Å²) in [5, 5.41) is 11.4. The smallest absolute Gasteiger partial charge is 0.303 e. The molecule has 1 amide bonds. The van der Waals surface area contributed by atoms with Crippen LogP contribution in [0.4, 0.5) is 0 Å². The highest BCUT2D eigenvalue weighted by Gasteiger charge is 2.09. The summed E-state index contributed by atoms with van der Waals surface area (Å²) in [6.45, 7) is 2.24. The summed E-state index contributed by atoms with van der Waals surface area (Å²) < 4.78 is 0. The Hall–Kier alpha value is -1.84. The standard InChI is InChI=1S/C15H21NO3/c1-12(10-15(18)19)11-16-14(17)9-5-8-13-6-3-2-4-7-13/h2-4,6-7,12H,5,8-11H2,1H3,(H,16,17)(H,18,19). The van der Waals surface area contributed by atoms with Crippen LogP contribution in [-0.2, 0) is 16.0 Å². The van der Waals surface area contributed by atoms with E-state index in [2.05, 4.69) is 5.32 Å². The molecule has 19 heavy (non-hydrogen) atoms. The SMILES string of the molecule is CC(CNC(=O)CCCc1ccccc1)CC(=O)O. The minimum atomic E-state index is -0.828. The number of carbonyl (C=O) groups is 2. The molecular formula is C15H21NO3. The van der Waals surface area contributed by atoms with Gasteiger partial charge in [-0.3, -0.25) is 9.59 Å². The number of nitrogens with one attached hydrogen (secondary N) is 1. The summed E-state index contributed by atoms with van der Waals surface area (Å²) in [4.78, 5) is 22.0. The largest absolute Gasteiger partial charge is 0.481 e. The van der Waals surface area contributed by atoms with Crippen LogP contribution in [0.25, 0.3) is 0 Å². The molecule has 1 atom stereocenters. The summed E-state index contributed by atoms with van der Waals surface area (Å²) in [6, 6.07) is 10.0. The van der Waals surface area contributed by atoms with Crippen molar-refractivity contribution in [2.75, 3.05) is 6.54 Å². The van der Waals surface area contributed by atoms with Gasteiger partial charge in [0.05, 0.1) is 0 Å². The number of aryl methyl sites for hydroxylation is 1. The van der Waals surface area contributed by atoms with Crippen molar-refractivity contribution in [1.82, 2.24) is 5.32 Å². The van der Waals surface area contributed by atoms with E-state index >= 15 is 0 Å². The first-order chi connectivity index (χ1) is 9.08. The van der Waals surface area contributed by atoms with E-state index < -0.39 is 5.97 Å². The molecule has 0 aliphatic heterocycles. The summed E-state index contributed by atoms with van der Waals surface area (Å²) in [7, 11) is 0. The lowest BCUT2D eigenvalue weighted by atomic mass is 10.1. The Kier molecular flexibility index (Phi) is 6.64. The molecule has 4 heteroatoms. The van der Waals surface area contributed by atoms with Crippen LogP contribution in [0.5, 0.6) is 0 Å². The van der Waals surface area contributed by atoms with Crippen molar-refractivity contribution in [3.05, 3.63) is 35.9 Å². The zero-order valence-corrected chi connectivity index (χ0v) is 11.3. The molecule has 0 heterocycles. The lowest BCUT2D eigenvalue weighted by Gasteiger charge is -2.10. The molecule has 0 bridgehead atoms. The molecule has 104 valence electrons. The molecule has 2 N–H and O–H groups in total. The number of amides is 1. The maximum atomic E-state index is 11.6. The van der Waals surface area contributed by atoms with Crippen LogP contribution in [0.3, 0.4) is 0 Å². The van der Waals surface area contributed by atoms with Gasteiger partial charge in [-0.25, -0.2) is 0 Å². The number of hydrogen-bond donors (Lipinski definition) is 2. The number of rotatable bonds is 8. The highest BCUT2D eigenvalue weighted by atomic mass is 16.4. The van der Waals surface area contributed by atoms with E-state index in [1.165, 1.54) is 5.56 Å². The molecule has 0 radical (unpaired) electrons. The van der Waals surface area contributed by atoms with Gasteiger partial charge < -0.3 is 10.4 Å². The number of benzene rings is 1. The van der Waals surface area contributed by atoms with E-state index in [4.69, 9.17) is 5.11 Å². The van der Waals surface area contributed by atoms with Gasteiger partial charge in [0, 0.05) is 19.4 Å². The first kappa shape index (κ1) is 15.2. The molecule has 0 saturated carbocycles. The number of carboxylic acid groups (broad SMARTS) is 1. The Morgan fingerprint density at radius 1 is 1.26 bits per heavy atom. The molecule has 1 unspecified atom stereocenters. The Labute approximate surface area is 113 Å². The van der Waals surface area contributed by atoms with Crippen molar-refractivity contribution in [3.63, 3.8) is 0 Å². The zero-order chi connectivity index (χ0) is 14.1. The minimum absolute atomic E-state index is 0.00632. The van der Waals surface area contributed by atoms with Crippen LogP contribution in [0, 0.1) is 5.92 Å². The van der Waals surface area contributed by atoms with E-state index in [1.54, 1.807) is 0 Å². The van der Waals surface area contributed by atoms with Crippen LogP contribution in [-0.4, -0.2) is 23.5 Å². The molecule has 0 saturated heterocycles. The van der Waals surface area contributed by atoms with Crippen LogP contribution >= 0.6 is 0 Å². The lowest BCUT2D eigenvalue weighted by Crippen LogP contribution is -2.29. The monoisotopic (exact) mass is 263 g/mol. The number of carboxylic acids is 1. The van der Waals surface area contributed by atoms with Crippen molar-refractivity contribution < 1.29 is 14.7 Å². The fourth-order valence-corrected chi connectivity index (χ4v) is 1.84. The molecular weight excluding hydrogens is 242 g/mol. The van der Waals surface area contributed by atoms with E-state index in [1.807, 2.05) is 37.3 Å². The second-order valence-corrected chi connectivity index (χ2v) is 4.85. The summed E-state index contributed by atoms with van der Waals surface area (Å²) in [5.74, 6) is -0.866. The third-order valence-electron chi connectivity index (χ3n) is 2.88. The van der Waals surface area contributed by atoms with Crippen LogP contribution in [0.1, 0.15) is 31.7 Å². The maximum Gasteiger partial charge on any atom is 0.303 e. The summed E-state index contributed by atoms with van der Waals surface area (Å²) >= 11 is 0.